The number of hydrogen-bond donors (Lipinski definition) is 1. The van der Waals surface area contributed by atoms with E-state index in [9.17, 15) is 26.3 Å². The number of fused-ring (bicyclic) bond motifs is 3. The molecule has 2 bridgehead atoms. The second kappa shape index (κ2) is 8.62. The van der Waals surface area contributed by atoms with Crippen molar-refractivity contribution < 1.29 is 30.8 Å². The van der Waals surface area contributed by atoms with E-state index >= 15 is 0 Å². The van der Waals surface area contributed by atoms with E-state index in [1.807, 2.05) is 4.90 Å². The van der Waals surface area contributed by atoms with Crippen LogP contribution in [0.5, 0.6) is 0 Å². The lowest BCUT2D eigenvalue weighted by atomic mass is 9.88. The Labute approximate surface area is 207 Å². The van der Waals surface area contributed by atoms with Crippen LogP contribution >= 0.6 is 0 Å². The molecule has 14 heteroatoms. The highest BCUT2D eigenvalue weighted by atomic mass is 19.4. The number of piperidine rings is 1. The topological polar surface area (TPSA) is 84.9 Å². The quantitative estimate of drug-likeness (QED) is 0.388. The van der Waals surface area contributed by atoms with Gasteiger partial charge in [-0.2, -0.15) is 18.2 Å². The zero-order chi connectivity index (χ0) is 26.1. The van der Waals surface area contributed by atoms with E-state index in [0.29, 0.717) is 25.0 Å². The average molecular weight is 527 g/mol. The maximum Gasteiger partial charge on any atom is 0.410 e. The highest BCUT2D eigenvalue weighted by Gasteiger charge is 2.48. The number of halogens is 6. The Morgan fingerprint density at radius 1 is 0.973 bits per heavy atom. The van der Waals surface area contributed by atoms with Gasteiger partial charge in [-0.05, 0) is 43.6 Å². The lowest BCUT2D eigenvalue weighted by Crippen LogP contribution is -2.48. The molecule has 2 fully saturated rings. The Kier molecular flexibility index (Phi) is 5.60. The minimum atomic E-state index is -4.61. The second-order valence-electron chi connectivity index (χ2n) is 9.97. The third kappa shape index (κ3) is 4.09. The van der Waals surface area contributed by atoms with Crippen molar-refractivity contribution in [3.05, 3.63) is 46.9 Å². The number of benzene rings is 1. The van der Waals surface area contributed by atoms with Crippen molar-refractivity contribution in [2.75, 3.05) is 23.3 Å². The summed E-state index contributed by atoms with van der Waals surface area (Å²) in [6, 6.07) is 0.211. The summed E-state index contributed by atoms with van der Waals surface area (Å²) < 4.78 is 89.9. The molecular weight excluding hydrogens is 504 g/mol. The summed E-state index contributed by atoms with van der Waals surface area (Å²) in [5, 5.41) is 15.3. The maximum atomic E-state index is 14.6. The van der Waals surface area contributed by atoms with Gasteiger partial charge in [0.1, 0.15) is 11.9 Å². The number of nitrogens with one attached hydrogen (secondary N) is 1. The Morgan fingerprint density at radius 2 is 1.70 bits per heavy atom. The van der Waals surface area contributed by atoms with E-state index in [1.54, 1.807) is 6.92 Å². The molecule has 0 spiro atoms. The van der Waals surface area contributed by atoms with Gasteiger partial charge in [-0.15, -0.1) is 10.2 Å². The standard InChI is InChI=1S/C23H23F6N7O/c1-10-32-33-22(37-10)35-8-11-2-3-12(9-35)19(11)30-21-31-20-14(13-4-6-15(24)18(26)17(13)25)5-7-16(23(27,28)29)36(20)34-21/h4,6,11-12,14,16,19H,2-3,5,7-9H2,1H3,(H,30,34)/t11-,12+,14?,16?,19-. The van der Waals surface area contributed by atoms with Crippen molar-refractivity contribution in [2.24, 2.45) is 11.8 Å². The van der Waals surface area contributed by atoms with Crippen molar-refractivity contribution in [1.82, 2.24) is 25.0 Å². The maximum absolute atomic E-state index is 14.6. The number of rotatable bonds is 4. The third-order valence-electron chi connectivity index (χ3n) is 7.73. The van der Waals surface area contributed by atoms with Crippen LogP contribution in [-0.4, -0.2) is 50.3 Å². The fourth-order valence-electron chi connectivity index (χ4n) is 6.02. The van der Waals surface area contributed by atoms with Crippen molar-refractivity contribution in [3.63, 3.8) is 0 Å². The molecule has 1 N–H and O–H groups in total. The molecule has 1 aliphatic carbocycles. The fraction of sp³-hybridized carbons (Fsp3) is 0.565. The fourth-order valence-corrected chi connectivity index (χ4v) is 6.02. The van der Waals surface area contributed by atoms with Gasteiger partial charge in [-0.3, -0.25) is 0 Å². The van der Waals surface area contributed by atoms with E-state index in [-0.39, 0.29) is 41.6 Å². The highest BCUT2D eigenvalue weighted by Crippen LogP contribution is 2.45. The second-order valence-corrected chi connectivity index (χ2v) is 9.97. The van der Waals surface area contributed by atoms with E-state index in [2.05, 4.69) is 25.6 Å². The predicted octanol–water partition coefficient (Wildman–Crippen LogP) is 4.74. The van der Waals surface area contributed by atoms with E-state index in [1.165, 1.54) is 0 Å². The first-order valence-corrected chi connectivity index (χ1v) is 12.1. The molecule has 0 amide bonds. The Morgan fingerprint density at radius 3 is 2.35 bits per heavy atom. The molecule has 2 aromatic heterocycles. The SMILES string of the molecule is Cc1nnc(N2C[C@H]3CC[C@@H](C2)[C@@H]3Nc2nc3n(n2)C(C(F)(F)F)CCC3c2ccc(F)c(F)c2F)o1. The molecule has 1 aromatic carbocycles. The molecule has 198 valence electrons. The monoisotopic (exact) mass is 527 g/mol. The lowest BCUT2D eigenvalue weighted by Gasteiger charge is -2.37. The summed E-state index contributed by atoms with van der Waals surface area (Å²) >= 11 is 0. The van der Waals surface area contributed by atoms with Gasteiger partial charge in [0.15, 0.2) is 17.5 Å². The Balaban J connectivity index is 1.30. The predicted molar refractivity (Wildman–Crippen MR) is 117 cm³/mol. The third-order valence-corrected chi connectivity index (χ3v) is 7.73. The summed E-state index contributed by atoms with van der Waals surface area (Å²) in [6.07, 6.45) is -3.35. The molecule has 37 heavy (non-hydrogen) atoms. The van der Waals surface area contributed by atoms with E-state index in [0.717, 1.165) is 29.7 Å². The minimum Gasteiger partial charge on any atom is -0.408 e. The summed E-state index contributed by atoms with van der Waals surface area (Å²) in [5.41, 5.74) is -0.247. The Bertz CT molecular complexity index is 1310. The van der Waals surface area contributed by atoms with Gasteiger partial charge in [0.05, 0.1) is 0 Å². The van der Waals surface area contributed by atoms with Gasteiger partial charge >= 0.3 is 12.2 Å². The van der Waals surface area contributed by atoms with E-state index < -0.39 is 42.0 Å². The lowest BCUT2D eigenvalue weighted by molar-refractivity contribution is -0.175. The van der Waals surface area contributed by atoms with Crippen molar-refractivity contribution in [2.45, 2.75) is 56.8 Å². The smallest absolute Gasteiger partial charge is 0.408 e. The van der Waals surface area contributed by atoms with Gasteiger partial charge in [0.25, 0.3) is 0 Å². The number of aryl methyl sites for hydroxylation is 1. The van der Waals surface area contributed by atoms with Crippen LogP contribution in [0.4, 0.5) is 38.3 Å². The molecule has 6 rings (SSSR count). The largest absolute Gasteiger partial charge is 0.410 e. The molecular formula is C23H23F6N7O. The highest BCUT2D eigenvalue weighted by molar-refractivity contribution is 5.37. The van der Waals surface area contributed by atoms with Crippen LogP contribution in [0.25, 0.3) is 0 Å². The van der Waals surface area contributed by atoms with Gasteiger partial charge in [0.2, 0.25) is 11.8 Å². The van der Waals surface area contributed by atoms with Gasteiger partial charge in [0, 0.05) is 37.5 Å². The zero-order valence-corrected chi connectivity index (χ0v) is 19.6. The molecule has 3 aromatic rings. The molecule has 2 aliphatic heterocycles. The zero-order valence-electron chi connectivity index (χ0n) is 19.6. The van der Waals surface area contributed by atoms with Crippen LogP contribution in [0.15, 0.2) is 16.5 Å². The normalized spacial score (nSPS) is 27.4. The van der Waals surface area contributed by atoms with Crippen LogP contribution in [0.2, 0.25) is 0 Å². The first-order chi connectivity index (χ1) is 17.6. The molecule has 4 heterocycles. The number of nitrogens with zero attached hydrogens (tertiary/aromatic N) is 6. The summed E-state index contributed by atoms with van der Waals surface area (Å²) in [6.45, 7) is 2.95. The number of hydrogen-bond acceptors (Lipinski definition) is 7. The molecule has 1 saturated heterocycles. The molecule has 0 radical (unpaired) electrons. The van der Waals surface area contributed by atoms with Crippen LogP contribution in [-0.2, 0) is 0 Å². The molecule has 5 atom stereocenters. The van der Waals surface area contributed by atoms with Crippen molar-refractivity contribution in [3.8, 4) is 0 Å². The summed E-state index contributed by atoms with van der Waals surface area (Å²) in [7, 11) is 0. The van der Waals surface area contributed by atoms with Crippen LogP contribution in [0.1, 0.15) is 54.9 Å². The van der Waals surface area contributed by atoms with Gasteiger partial charge < -0.3 is 14.6 Å². The minimum absolute atomic E-state index is 0.00289. The van der Waals surface area contributed by atoms with Gasteiger partial charge in [-0.25, -0.2) is 17.9 Å². The summed E-state index contributed by atoms with van der Waals surface area (Å²) in [4.78, 5) is 6.35. The van der Waals surface area contributed by atoms with Crippen molar-refractivity contribution >= 4 is 12.0 Å². The number of anilines is 2. The molecule has 2 unspecified atom stereocenters. The van der Waals surface area contributed by atoms with Gasteiger partial charge in [-0.1, -0.05) is 11.2 Å². The first kappa shape index (κ1) is 24.0. The molecule has 3 aliphatic rings. The molecule has 1 saturated carbocycles. The number of aromatic nitrogens is 5. The van der Waals surface area contributed by atoms with Crippen LogP contribution < -0.4 is 10.2 Å². The first-order valence-electron chi connectivity index (χ1n) is 12.1. The summed E-state index contributed by atoms with van der Waals surface area (Å²) in [5.74, 6) is -4.85. The van der Waals surface area contributed by atoms with E-state index in [4.69, 9.17) is 4.42 Å². The molecule has 8 nitrogen and oxygen atoms in total. The Hall–Kier alpha value is -3.32. The number of alkyl halides is 3. The van der Waals surface area contributed by atoms with Crippen molar-refractivity contribution in [1.29, 1.82) is 0 Å². The van der Waals surface area contributed by atoms with Crippen LogP contribution in [0.3, 0.4) is 0 Å². The van der Waals surface area contributed by atoms with Crippen LogP contribution in [0, 0.1) is 36.2 Å². The average Bonchev–Trinajstić information content (AvgIpc) is 3.52.